The molecular formula is C14H22IN3O3. The highest BCUT2D eigenvalue weighted by Crippen LogP contribution is 2.27. The summed E-state index contributed by atoms with van der Waals surface area (Å²) in [6.07, 6.45) is 1.09. The van der Waals surface area contributed by atoms with Crippen molar-refractivity contribution in [2.75, 3.05) is 40.5 Å². The first-order valence-electron chi connectivity index (χ1n) is 6.70. The molecule has 21 heavy (non-hydrogen) atoms. The molecule has 1 aromatic carbocycles. The lowest BCUT2D eigenvalue weighted by atomic mass is 10.3. The lowest BCUT2D eigenvalue weighted by Crippen LogP contribution is -2.42. The maximum absolute atomic E-state index is 5.68. The van der Waals surface area contributed by atoms with Gasteiger partial charge >= 0.3 is 0 Å². The molecule has 118 valence electrons. The van der Waals surface area contributed by atoms with Crippen LogP contribution in [-0.4, -0.2) is 46.4 Å². The Hall–Kier alpha value is -1.38. The topological polar surface area (TPSA) is 64.1 Å². The first-order valence-corrected chi connectivity index (χ1v) is 6.70. The highest BCUT2D eigenvalue weighted by atomic mass is 127. The molecule has 0 radical (unpaired) electrons. The van der Waals surface area contributed by atoms with Crippen LogP contribution in [0.2, 0.25) is 0 Å². The SMILES string of the molecule is COc1cc(OC)cc(OCCNC2=NCCCN2)c1.I. The molecule has 1 aliphatic rings. The second kappa shape index (κ2) is 9.54. The van der Waals surface area contributed by atoms with Crippen LogP contribution in [0.5, 0.6) is 17.2 Å². The van der Waals surface area contributed by atoms with Crippen molar-refractivity contribution in [2.24, 2.45) is 4.99 Å². The summed E-state index contributed by atoms with van der Waals surface area (Å²) in [6, 6.07) is 5.48. The molecule has 0 bridgehead atoms. The van der Waals surface area contributed by atoms with E-state index in [0.717, 1.165) is 31.2 Å². The van der Waals surface area contributed by atoms with E-state index >= 15 is 0 Å². The minimum absolute atomic E-state index is 0. The van der Waals surface area contributed by atoms with Crippen molar-refractivity contribution in [3.05, 3.63) is 18.2 Å². The molecule has 1 aliphatic heterocycles. The fourth-order valence-electron chi connectivity index (χ4n) is 1.85. The van der Waals surface area contributed by atoms with Crippen LogP contribution in [-0.2, 0) is 0 Å². The first kappa shape index (κ1) is 17.7. The number of rotatable bonds is 6. The number of methoxy groups -OCH3 is 2. The standard InChI is InChI=1S/C14H21N3O3.HI/c1-18-11-8-12(19-2)10-13(9-11)20-7-6-17-14-15-4-3-5-16-14;/h8-10H,3-7H2,1-2H3,(H2,15,16,17);1H. The number of aliphatic imine (C=N–C) groups is 1. The second-order valence-corrected chi connectivity index (χ2v) is 4.33. The van der Waals surface area contributed by atoms with Gasteiger partial charge in [0, 0.05) is 31.3 Å². The average molecular weight is 407 g/mol. The van der Waals surface area contributed by atoms with Crippen molar-refractivity contribution in [3.63, 3.8) is 0 Å². The van der Waals surface area contributed by atoms with Crippen LogP contribution >= 0.6 is 24.0 Å². The number of hydrogen-bond acceptors (Lipinski definition) is 6. The van der Waals surface area contributed by atoms with Crippen LogP contribution in [0.4, 0.5) is 0 Å². The van der Waals surface area contributed by atoms with E-state index in [1.807, 2.05) is 18.2 Å². The Balaban J connectivity index is 0.00000220. The predicted molar refractivity (Wildman–Crippen MR) is 93.4 cm³/mol. The van der Waals surface area contributed by atoms with E-state index in [0.29, 0.717) is 24.7 Å². The van der Waals surface area contributed by atoms with Gasteiger partial charge < -0.3 is 24.8 Å². The molecule has 1 aromatic rings. The molecule has 7 heteroatoms. The van der Waals surface area contributed by atoms with Gasteiger partial charge in [-0.3, -0.25) is 4.99 Å². The highest BCUT2D eigenvalue weighted by molar-refractivity contribution is 14.0. The van der Waals surface area contributed by atoms with Crippen LogP contribution in [0.1, 0.15) is 6.42 Å². The van der Waals surface area contributed by atoms with Gasteiger partial charge in [0.05, 0.1) is 20.8 Å². The molecule has 0 amide bonds. The lowest BCUT2D eigenvalue weighted by molar-refractivity contribution is 0.315. The predicted octanol–water partition coefficient (Wildman–Crippen LogP) is 1.64. The third kappa shape index (κ3) is 5.86. The van der Waals surface area contributed by atoms with Gasteiger partial charge in [0.25, 0.3) is 0 Å². The van der Waals surface area contributed by atoms with Crippen LogP contribution in [0.15, 0.2) is 23.2 Å². The van der Waals surface area contributed by atoms with Gasteiger partial charge in [0.1, 0.15) is 23.9 Å². The Morgan fingerprint density at radius 1 is 1.14 bits per heavy atom. The summed E-state index contributed by atoms with van der Waals surface area (Å²) in [7, 11) is 3.24. The Bertz CT molecular complexity index is 447. The number of ether oxygens (including phenoxy) is 3. The second-order valence-electron chi connectivity index (χ2n) is 4.33. The zero-order valence-corrected chi connectivity index (χ0v) is 14.7. The molecule has 0 saturated heterocycles. The van der Waals surface area contributed by atoms with Crippen molar-refractivity contribution in [1.82, 2.24) is 10.6 Å². The summed E-state index contributed by atoms with van der Waals surface area (Å²) < 4.78 is 16.1. The fraction of sp³-hybridized carbons (Fsp3) is 0.500. The summed E-state index contributed by atoms with van der Waals surface area (Å²) >= 11 is 0. The van der Waals surface area contributed by atoms with E-state index in [4.69, 9.17) is 14.2 Å². The van der Waals surface area contributed by atoms with Crippen LogP contribution in [0, 0.1) is 0 Å². The number of guanidine groups is 1. The minimum Gasteiger partial charge on any atom is -0.496 e. The summed E-state index contributed by atoms with van der Waals surface area (Å²) in [5.74, 6) is 3.00. The van der Waals surface area contributed by atoms with E-state index in [1.165, 1.54) is 0 Å². The van der Waals surface area contributed by atoms with E-state index in [1.54, 1.807) is 14.2 Å². The molecular weight excluding hydrogens is 385 g/mol. The molecule has 0 unspecified atom stereocenters. The fourth-order valence-corrected chi connectivity index (χ4v) is 1.85. The third-order valence-electron chi connectivity index (χ3n) is 2.89. The molecule has 0 aliphatic carbocycles. The van der Waals surface area contributed by atoms with Crippen LogP contribution in [0.3, 0.4) is 0 Å². The lowest BCUT2D eigenvalue weighted by Gasteiger charge is -2.16. The summed E-state index contributed by atoms with van der Waals surface area (Å²) in [6.45, 7) is 3.07. The normalized spacial score (nSPS) is 13.3. The van der Waals surface area contributed by atoms with Crippen LogP contribution < -0.4 is 24.8 Å². The van der Waals surface area contributed by atoms with Gasteiger partial charge in [-0.15, -0.1) is 24.0 Å². The first-order chi connectivity index (χ1) is 9.81. The summed E-state index contributed by atoms with van der Waals surface area (Å²) in [5.41, 5.74) is 0. The van der Waals surface area contributed by atoms with Gasteiger partial charge in [-0.25, -0.2) is 0 Å². The zero-order chi connectivity index (χ0) is 14.2. The van der Waals surface area contributed by atoms with Gasteiger partial charge in [-0.2, -0.15) is 0 Å². The Morgan fingerprint density at radius 3 is 2.38 bits per heavy atom. The van der Waals surface area contributed by atoms with Crippen molar-refractivity contribution < 1.29 is 14.2 Å². The van der Waals surface area contributed by atoms with E-state index < -0.39 is 0 Å². The molecule has 0 spiro atoms. The molecule has 0 atom stereocenters. The average Bonchev–Trinajstić information content (AvgIpc) is 2.52. The van der Waals surface area contributed by atoms with Gasteiger partial charge in [-0.1, -0.05) is 0 Å². The van der Waals surface area contributed by atoms with E-state index in [2.05, 4.69) is 15.6 Å². The number of nitrogens with one attached hydrogen (secondary N) is 2. The number of nitrogens with zero attached hydrogens (tertiary/aromatic N) is 1. The quantitative estimate of drug-likeness (QED) is 0.555. The zero-order valence-electron chi connectivity index (χ0n) is 12.3. The molecule has 2 rings (SSSR count). The van der Waals surface area contributed by atoms with Gasteiger partial charge in [-0.05, 0) is 6.42 Å². The van der Waals surface area contributed by atoms with E-state index in [9.17, 15) is 0 Å². The van der Waals surface area contributed by atoms with Crippen molar-refractivity contribution in [3.8, 4) is 17.2 Å². The smallest absolute Gasteiger partial charge is 0.191 e. The number of hydrogen-bond donors (Lipinski definition) is 2. The van der Waals surface area contributed by atoms with Crippen molar-refractivity contribution in [2.45, 2.75) is 6.42 Å². The van der Waals surface area contributed by atoms with Crippen molar-refractivity contribution >= 4 is 29.9 Å². The number of halogens is 1. The maximum atomic E-state index is 5.68. The Kier molecular flexibility index (Phi) is 8.03. The van der Waals surface area contributed by atoms with Gasteiger partial charge in [0.15, 0.2) is 5.96 Å². The van der Waals surface area contributed by atoms with E-state index in [-0.39, 0.29) is 24.0 Å². The van der Waals surface area contributed by atoms with Crippen LogP contribution in [0.25, 0.3) is 0 Å². The monoisotopic (exact) mass is 407 g/mol. The minimum atomic E-state index is 0. The largest absolute Gasteiger partial charge is 0.496 e. The molecule has 0 saturated carbocycles. The summed E-state index contributed by atoms with van der Waals surface area (Å²) in [4.78, 5) is 4.33. The third-order valence-corrected chi connectivity index (χ3v) is 2.89. The Morgan fingerprint density at radius 2 is 1.81 bits per heavy atom. The maximum Gasteiger partial charge on any atom is 0.191 e. The Labute approximate surface area is 142 Å². The molecule has 6 nitrogen and oxygen atoms in total. The molecule has 0 fully saturated rings. The molecule has 1 heterocycles. The van der Waals surface area contributed by atoms with Crippen molar-refractivity contribution in [1.29, 1.82) is 0 Å². The molecule has 2 N–H and O–H groups in total. The number of benzene rings is 1. The van der Waals surface area contributed by atoms with Gasteiger partial charge in [0.2, 0.25) is 0 Å². The summed E-state index contributed by atoms with van der Waals surface area (Å²) in [5, 5.41) is 6.40. The molecule has 0 aromatic heterocycles. The highest BCUT2D eigenvalue weighted by Gasteiger charge is 2.04.